The van der Waals surface area contributed by atoms with Gasteiger partial charge in [-0.2, -0.15) is 0 Å². The van der Waals surface area contributed by atoms with E-state index < -0.39 is 17.1 Å². The van der Waals surface area contributed by atoms with Crippen LogP contribution in [0, 0.1) is 5.41 Å². The van der Waals surface area contributed by atoms with Crippen LogP contribution in [0.2, 0.25) is 0 Å². The summed E-state index contributed by atoms with van der Waals surface area (Å²) in [6.07, 6.45) is 3.35. The molecule has 1 aromatic carbocycles. The molecular weight excluding hydrogens is 342 g/mol. The van der Waals surface area contributed by atoms with Crippen molar-refractivity contribution in [1.29, 1.82) is 0 Å². The van der Waals surface area contributed by atoms with Gasteiger partial charge in [-0.1, -0.05) is 38.1 Å². The van der Waals surface area contributed by atoms with Gasteiger partial charge in [0.25, 0.3) is 0 Å². The summed E-state index contributed by atoms with van der Waals surface area (Å²) in [6.45, 7) is 8.36. The normalized spacial score (nSPS) is 29.9. The van der Waals surface area contributed by atoms with Crippen molar-refractivity contribution in [2.24, 2.45) is 10.4 Å². The molecule has 0 saturated carbocycles. The van der Waals surface area contributed by atoms with E-state index in [1.165, 1.54) is 0 Å². The number of carbonyl (C=O) groups is 2. The molecule has 3 aliphatic rings. The van der Waals surface area contributed by atoms with Gasteiger partial charge in [0.15, 0.2) is 0 Å². The lowest BCUT2D eigenvalue weighted by molar-refractivity contribution is -0.148. The topological polar surface area (TPSA) is 82.0 Å². The predicted octanol–water partition coefficient (Wildman–Crippen LogP) is 2.05. The Labute approximate surface area is 159 Å². The minimum Gasteiger partial charge on any atom is -0.379 e. The molecule has 2 amide bonds. The number of hydrogen-bond donors (Lipinski definition) is 2. The zero-order valence-electron chi connectivity index (χ0n) is 15.7. The summed E-state index contributed by atoms with van der Waals surface area (Å²) in [5, 5.41) is 14.6. The molecule has 0 aromatic heterocycles. The lowest BCUT2D eigenvalue weighted by Crippen LogP contribution is -2.63. The predicted molar refractivity (Wildman–Crippen MR) is 103 cm³/mol. The number of hydrogen-bond acceptors (Lipinski definition) is 4. The standard InChI is InChI=1S/C21H25N3O3/c1-4-20(2,3)19-21(27,13-8-5-6-9-14(13)23-19)12-15-18(26)24-11-7-10-16(24)17(25)22-15/h4-6,8-9,15-16,27H,1,7,10-12H2,2-3H3,(H,22,25)/t15-,16-,21+/m0/s1. The average molecular weight is 367 g/mol. The first-order valence-corrected chi connectivity index (χ1v) is 9.44. The lowest BCUT2D eigenvalue weighted by atomic mass is 9.73. The molecule has 0 spiro atoms. The van der Waals surface area contributed by atoms with E-state index in [1.807, 2.05) is 38.1 Å². The number of nitrogens with zero attached hydrogens (tertiary/aromatic N) is 2. The maximum absolute atomic E-state index is 13.0. The monoisotopic (exact) mass is 367 g/mol. The number of benzene rings is 1. The van der Waals surface area contributed by atoms with Crippen molar-refractivity contribution in [2.75, 3.05) is 6.54 Å². The molecule has 6 heteroatoms. The van der Waals surface area contributed by atoms with Crippen molar-refractivity contribution < 1.29 is 14.7 Å². The highest BCUT2D eigenvalue weighted by atomic mass is 16.3. The minimum absolute atomic E-state index is 0.0634. The van der Waals surface area contributed by atoms with E-state index in [0.717, 1.165) is 6.42 Å². The van der Waals surface area contributed by atoms with Gasteiger partial charge in [-0.05, 0) is 18.9 Å². The number of aliphatic imine (C=N–C) groups is 1. The van der Waals surface area contributed by atoms with Gasteiger partial charge in [0, 0.05) is 23.9 Å². The molecule has 1 aromatic rings. The number of nitrogens with one attached hydrogen (secondary N) is 1. The summed E-state index contributed by atoms with van der Waals surface area (Å²) in [5.74, 6) is -0.251. The molecule has 0 unspecified atom stereocenters. The Morgan fingerprint density at radius 1 is 1.41 bits per heavy atom. The number of fused-ring (bicyclic) bond motifs is 2. The number of allylic oxidation sites excluding steroid dienone is 1. The van der Waals surface area contributed by atoms with E-state index in [4.69, 9.17) is 0 Å². The molecule has 2 fully saturated rings. The van der Waals surface area contributed by atoms with Crippen LogP contribution >= 0.6 is 0 Å². The summed E-state index contributed by atoms with van der Waals surface area (Å²) in [4.78, 5) is 31.8. The van der Waals surface area contributed by atoms with Gasteiger partial charge in [0.1, 0.15) is 17.7 Å². The molecule has 0 bridgehead atoms. The van der Waals surface area contributed by atoms with Crippen LogP contribution in [0.25, 0.3) is 0 Å². The Morgan fingerprint density at radius 2 is 2.15 bits per heavy atom. The highest BCUT2D eigenvalue weighted by molar-refractivity contribution is 6.06. The van der Waals surface area contributed by atoms with Crippen molar-refractivity contribution >= 4 is 23.2 Å². The molecule has 142 valence electrons. The van der Waals surface area contributed by atoms with Crippen LogP contribution in [0.5, 0.6) is 0 Å². The van der Waals surface area contributed by atoms with E-state index in [2.05, 4.69) is 16.9 Å². The van der Waals surface area contributed by atoms with Crippen LogP contribution in [-0.4, -0.2) is 46.2 Å². The molecule has 2 saturated heterocycles. The van der Waals surface area contributed by atoms with Gasteiger partial charge < -0.3 is 15.3 Å². The molecule has 3 aliphatic heterocycles. The second kappa shape index (κ2) is 6.02. The number of carbonyl (C=O) groups excluding carboxylic acids is 2. The second-order valence-electron chi connectivity index (χ2n) is 8.22. The third kappa shape index (κ3) is 2.62. The van der Waals surface area contributed by atoms with Gasteiger partial charge >= 0.3 is 0 Å². The van der Waals surface area contributed by atoms with Gasteiger partial charge in [0.05, 0.1) is 11.4 Å². The number of rotatable bonds is 4. The Kier molecular flexibility index (Phi) is 4.00. The SMILES string of the molecule is C=CC(C)(C)C1=Nc2ccccc2[C@]1(O)C[C@@H]1NC(=O)[C@@H]2CCCN2C1=O. The van der Waals surface area contributed by atoms with Crippen LogP contribution < -0.4 is 5.32 Å². The Morgan fingerprint density at radius 3 is 2.89 bits per heavy atom. The van der Waals surface area contributed by atoms with E-state index in [1.54, 1.807) is 11.0 Å². The average Bonchev–Trinajstić information content (AvgIpc) is 3.24. The lowest BCUT2D eigenvalue weighted by Gasteiger charge is -2.40. The number of amides is 2. The van der Waals surface area contributed by atoms with E-state index >= 15 is 0 Å². The van der Waals surface area contributed by atoms with Gasteiger partial charge in [0.2, 0.25) is 11.8 Å². The van der Waals surface area contributed by atoms with E-state index in [0.29, 0.717) is 29.9 Å². The van der Waals surface area contributed by atoms with E-state index in [9.17, 15) is 14.7 Å². The van der Waals surface area contributed by atoms with Crippen molar-refractivity contribution in [3.8, 4) is 0 Å². The zero-order valence-corrected chi connectivity index (χ0v) is 15.7. The fourth-order valence-electron chi connectivity index (χ4n) is 4.51. The fourth-order valence-corrected chi connectivity index (χ4v) is 4.51. The van der Waals surface area contributed by atoms with Gasteiger partial charge in [-0.15, -0.1) is 6.58 Å². The second-order valence-corrected chi connectivity index (χ2v) is 8.22. The van der Waals surface area contributed by atoms with Crippen LogP contribution in [-0.2, 0) is 15.2 Å². The molecule has 6 nitrogen and oxygen atoms in total. The first-order valence-electron chi connectivity index (χ1n) is 9.44. The Bertz CT molecular complexity index is 860. The highest BCUT2D eigenvalue weighted by Gasteiger charge is 2.52. The molecular formula is C21H25N3O3. The largest absolute Gasteiger partial charge is 0.379 e. The summed E-state index contributed by atoms with van der Waals surface area (Å²) in [7, 11) is 0. The summed E-state index contributed by atoms with van der Waals surface area (Å²) in [5.41, 5.74) is -0.0870. The van der Waals surface area contributed by atoms with Crippen LogP contribution in [0.1, 0.15) is 38.7 Å². The summed E-state index contributed by atoms with van der Waals surface area (Å²) >= 11 is 0. The number of para-hydroxylation sites is 1. The molecule has 4 rings (SSSR count). The zero-order chi connectivity index (χ0) is 19.4. The molecule has 2 N–H and O–H groups in total. The Balaban J connectivity index is 1.72. The molecule has 0 radical (unpaired) electrons. The van der Waals surface area contributed by atoms with Crippen LogP contribution in [0.15, 0.2) is 41.9 Å². The van der Waals surface area contributed by atoms with Crippen molar-refractivity contribution in [3.05, 3.63) is 42.5 Å². The first kappa shape index (κ1) is 17.9. The molecule has 0 aliphatic carbocycles. The third-order valence-corrected chi connectivity index (χ3v) is 6.05. The number of aliphatic hydroxyl groups is 1. The Hall–Kier alpha value is -2.47. The van der Waals surface area contributed by atoms with Gasteiger partial charge in [-0.3, -0.25) is 14.6 Å². The van der Waals surface area contributed by atoms with Crippen molar-refractivity contribution in [3.63, 3.8) is 0 Å². The smallest absolute Gasteiger partial charge is 0.245 e. The molecule has 3 atom stereocenters. The van der Waals surface area contributed by atoms with Crippen molar-refractivity contribution in [2.45, 2.75) is 50.8 Å². The molecule has 3 heterocycles. The molecule has 27 heavy (non-hydrogen) atoms. The first-order chi connectivity index (χ1) is 12.8. The minimum atomic E-state index is -1.44. The van der Waals surface area contributed by atoms with Crippen LogP contribution in [0.3, 0.4) is 0 Å². The van der Waals surface area contributed by atoms with Crippen molar-refractivity contribution in [1.82, 2.24) is 10.2 Å². The highest BCUT2D eigenvalue weighted by Crippen LogP contribution is 2.47. The maximum atomic E-state index is 13.0. The summed E-state index contributed by atoms with van der Waals surface area (Å²) in [6, 6.07) is 6.27. The quantitative estimate of drug-likeness (QED) is 0.799. The fraction of sp³-hybridized carbons (Fsp3) is 0.476. The van der Waals surface area contributed by atoms with Crippen LogP contribution in [0.4, 0.5) is 5.69 Å². The third-order valence-electron chi connectivity index (χ3n) is 6.05. The maximum Gasteiger partial charge on any atom is 0.245 e. The van der Waals surface area contributed by atoms with E-state index in [-0.39, 0.29) is 24.3 Å². The summed E-state index contributed by atoms with van der Waals surface area (Å²) < 4.78 is 0. The van der Waals surface area contributed by atoms with Gasteiger partial charge in [-0.25, -0.2) is 0 Å². The number of piperazine rings is 1.